The zero-order valence-electron chi connectivity index (χ0n) is 14.2. The third kappa shape index (κ3) is 3.42. The number of carbonyl (C=O) groups excluding carboxylic acids is 1. The summed E-state index contributed by atoms with van der Waals surface area (Å²) in [6, 6.07) is 9.12. The van der Waals surface area contributed by atoms with Crippen LogP contribution in [0.25, 0.3) is 5.69 Å². The van der Waals surface area contributed by atoms with E-state index in [2.05, 4.69) is 10.4 Å². The molecule has 1 atom stereocenters. The van der Waals surface area contributed by atoms with Gasteiger partial charge in [0, 0.05) is 12.0 Å². The van der Waals surface area contributed by atoms with Crippen molar-refractivity contribution in [2.45, 2.75) is 18.7 Å². The maximum atomic E-state index is 13.7. The second kappa shape index (κ2) is 6.66. The summed E-state index contributed by atoms with van der Waals surface area (Å²) in [7, 11) is 0. The molecule has 1 amide bonds. The number of alkyl halides is 3. The Hall–Kier alpha value is -3.36. The first kappa shape index (κ1) is 18.0. The van der Waals surface area contributed by atoms with Gasteiger partial charge in [-0.1, -0.05) is 18.2 Å². The molecule has 3 aromatic rings. The summed E-state index contributed by atoms with van der Waals surface area (Å²) in [6.07, 6.45) is -2.45. The van der Waals surface area contributed by atoms with Crippen molar-refractivity contribution in [1.82, 2.24) is 9.78 Å². The predicted octanol–water partition coefficient (Wildman–Crippen LogP) is 3.97. The Morgan fingerprint density at radius 1 is 1.21 bits per heavy atom. The van der Waals surface area contributed by atoms with Crippen molar-refractivity contribution >= 4 is 11.6 Å². The van der Waals surface area contributed by atoms with Gasteiger partial charge in [-0.15, -0.1) is 0 Å². The SMILES string of the molecule is O=C(Nc1cnn(-c2cccc(C(F)(F)F)c2)c1)C1Cc2cccc(F)c2O1. The normalized spacial score (nSPS) is 15.8. The van der Waals surface area contributed by atoms with Crippen LogP contribution < -0.4 is 10.1 Å². The van der Waals surface area contributed by atoms with E-state index in [0.29, 0.717) is 5.56 Å². The van der Waals surface area contributed by atoms with Crippen molar-refractivity contribution in [3.8, 4) is 11.4 Å². The number of para-hydroxylation sites is 1. The first-order valence-electron chi connectivity index (χ1n) is 8.28. The molecule has 1 unspecified atom stereocenters. The number of fused-ring (bicyclic) bond motifs is 1. The third-order valence-electron chi connectivity index (χ3n) is 4.29. The van der Waals surface area contributed by atoms with E-state index >= 15 is 0 Å². The minimum atomic E-state index is -4.47. The molecule has 2 heterocycles. The van der Waals surface area contributed by atoms with Crippen molar-refractivity contribution < 1.29 is 27.1 Å². The van der Waals surface area contributed by atoms with Crippen LogP contribution in [-0.2, 0) is 17.4 Å². The lowest BCUT2D eigenvalue weighted by atomic mass is 10.1. The number of anilines is 1. The quantitative estimate of drug-likeness (QED) is 0.688. The molecule has 28 heavy (non-hydrogen) atoms. The van der Waals surface area contributed by atoms with Crippen LogP contribution in [0, 0.1) is 5.82 Å². The second-order valence-electron chi connectivity index (χ2n) is 6.25. The molecule has 9 heteroatoms. The molecule has 1 aliphatic rings. The number of aromatic nitrogens is 2. The molecular weight excluding hydrogens is 378 g/mol. The number of hydrogen-bond donors (Lipinski definition) is 1. The van der Waals surface area contributed by atoms with Crippen LogP contribution in [0.1, 0.15) is 11.1 Å². The summed E-state index contributed by atoms with van der Waals surface area (Å²) in [4.78, 5) is 12.4. The number of ether oxygens (including phenoxy) is 1. The fourth-order valence-electron chi connectivity index (χ4n) is 2.95. The Morgan fingerprint density at radius 3 is 2.75 bits per heavy atom. The predicted molar refractivity (Wildman–Crippen MR) is 91.7 cm³/mol. The van der Waals surface area contributed by atoms with Crippen molar-refractivity contribution in [3.05, 3.63) is 71.8 Å². The highest BCUT2D eigenvalue weighted by molar-refractivity contribution is 5.95. The zero-order valence-corrected chi connectivity index (χ0v) is 14.2. The van der Waals surface area contributed by atoms with Crippen LogP contribution in [0.15, 0.2) is 54.9 Å². The molecule has 1 N–H and O–H groups in total. The van der Waals surface area contributed by atoms with Crippen molar-refractivity contribution in [2.24, 2.45) is 0 Å². The van der Waals surface area contributed by atoms with E-state index in [4.69, 9.17) is 4.74 Å². The largest absolute Gasteiger partial charge is 0.477 e. The number of nitrogens with one attached hydrogen (secondary N) is 1. The standard InChI is InChI=1S/C19H13F4N3O2/c20-15-6-1-3-11-7-16(28-17(11)15)18(27)25-13-9-24-26(10-13)14-5-2-4-12(8-14)19(21,22)23/h1-6,8-10,16H,7H2,(H,25,27). The van der Waals surface area contributed by atoms with E-state index in [1.807, 2.05) is 0 Å². The lowest BCUT2D eigenvalue weighted by Crippen LogP contribution is -2.31. The van der Waals surface area contributed by atoms with Gasteiger partial charge < -0.3 is 10.1 Å². The van der Waals surface area contributed by atoms with Crippen LogP contribution >= 0.6 is 0 Å². The van der Waals surface area contributed by atoms with Gasteiger partial charge in [-0.3, -0.25) is 4.79 Å². The van der Waals surface area contributed by atoms with Gasteiger partial charge in [0.1, 0.15) is 0 Å². The number of rotatable bonds is 3. The molecule has 1 aliphatic heterocycles. The summed E-state index contributed by atoms with van der Waals surface area (Å²) in [5.74, 6) is -0.980. The molecule has 0 bridgehead atoms. The molecule has 0 saturated heterocycles. The van der Waals surface area contributed by atoms with E-state index in [1.165, 1.54) is 41.3 Å². The van der Waals surface area contributed by atoms with E-state index in [0.717, 1.165) is 12.1 Å². The first-order valence-corrected chi connectivity index (χ1v) is 8.28. The molecule has 2 aromatic carbocycles. The van der Waals surface area contributed by atoms with Gasteiger partial charge in [0.2, 0.25) is 0 Å². The molecule has 4 rings (SSSR count). The molecule has 0 saturated carbocycles. The van der Waals surface area contributed by atoms with E-state index < -0.39 is 29.6 Å². The van der Waals surface area contributed by atoms with E-state index in [1.54, 1.807) is 6.07 Å². The van der Waals surface area contributed by atoms with Crippen molar-refractivity contribution in [1.29, 1.82) is 0 Å². The van der Waals surface area contributed by atoms with Crippen LogP contribution in [0.3, 0.4) is 0 Å². The Balaban J connectivity index is 1.47. The van der Waals surface area contributed by atoms with E-state index in [-0.39, 0.29) is 23.5 Å². The van der Waals surface area contributed by atoms with Gasteiger partial charge in [-0.25, -0.2) is 9.07 Å². The summed E-state index contributed by atoms with van der Waals surface area (Å²) in [5, 5.41) is 6.56. The van der Waals surface area contributed by atoms with Gasteiger partial charge >= 0.3 is 6.18 Å². The van der Waals surface area contributed by atoms with Gasteiger partial charge in [-0.05, 0) is 24.3 Å². The van der Waals surface area contributed by atoms with Crippen LogP contribution in [0.4, 0.5) is 23.2 Å². The lowest BCUT2D eigenvalue weighted by Gasteiger charge is -2.10. The smallest absolute Gasteiger partial charge is 0.416 e. The maximum absolute atomic E-state index is 13.7. The van der Waals surface area contributed by atoms with Gasteiger partial charge in [0.05, 0.1) is 29.3 Å². The Morgan fingerprint density at radius 2 is 2.00 bits per heavy atom. The number of hydrogen-bond acceptors (Lipinski definition) is 3. The van der Waals surface area contributed by atoms with Crippen molar-refractivity contribution in [3.63, 3.8) is 0 Å². The Bertz CT molecular complexity index is 1050. The molecular formula is C19H13F4N3O2. The van der Waals surface area contributed by atoms with Crippen LogP contribution in [-0.4, -0.2) is 21.8 Å². The average molecular weight is 391 g/mol. The third-order valence-corrected chi connectivity index (χ3v) is 4.29. The maximum Gasteiger partial charge on any atom is 0.416 e. The van der Waals surface area contributed by atoms with Gasteiger partial charge in [0.15, 0.2) is 17.7 Å². The fraction of sp³-hybridized carbons (Fsp3) is 0.158. The minimum absolute atomic E-state index is 0.0577. The fourth-order valence-corrected chi connectivity index (χ4v) is 2.95. The number of carbonyl (C=O) groups is 1. The lowest BCUT2D eigenvalue weighted by molar-refractivity contribution is -0.137. The van der Waals surface area contributed by atoms with Crippen LogP contribution in [0.2, 0.25) is 0 Å². The molecule has 0 aliphatic carbocycles. The number of halogens is 4. The summed E-state index contributed by atoms with van der Waals surface area (Å²) in [5.41, 5.74) is 0.273. The molecule has 0 spiro atoms. The Kier molecular flexibility index (Phi) is 4.29. The number of amides is 1. The van der Waals surface area contributed by atoms with Gasteiger partial charge in [0.25, 0.3) is 5.91 Å². The Labute approximate surface area is 156 Å². The monoisotopic (exact) mass is 391 g/mol. The highest BCUT2D eigenvalue weighted by Crippen LogP contribution is 2.32. The molecule has 1 aromatic heterocycles. The highest BCUT2D eigenvalue weighted by Gasteiger charge is 2.32. The topological polar surface area (TPSA) is 56.2 Å². The first-order chi connectivity index (χ1) is 13.3. The summed E-state index contributed by atoms with van der Waals surface area (Å²) >= 11 is 0. The molecule has 144 valence electrons. The minimum Gasteiger partial charge on any atom is -0.477 e. The van der Waals surface area contributed by atoms with Gasteiger partial charge in [-0.2, -0.15) is 18.3 Å². The number of nitrogens with zero attached hydrogens (tertiary/aromatic N) is 2. The zero-order chi connectivity index (χ0) is 19.9. The molecule has 0 fully saturated rings. The van der Waals surface area contributed by atoms with Crippen LogP contribution in [0.5, 0.6) is 5.75 Å². The highest BCUT2D eigenvalue weighted by atomic mass is 19.4. The second-order valence-corrected chi connectivity index (χ2v) is 6.25. The summed E-state index contributed by atoms with van der Waals surface area (Å²) < 4.78 is 58.8. The van der Waals surface area contributed by atoms with Crippen molar-refractivity contribution in [2.75, 3.05) is 5.32 Å². The summed E-state index contributed by atoms with van der Waals surface area (Å²) in [6.45, 7) is 0. The number of benzene rings is 2. The molecule has 0 radical (unpaired) electrons. The van der Waals surface area contributed by atoms with E-state index in [9.17, 15) is 22.4 Å². The average Bonchev–Trinajstić information content (AvgIpc) is 3.29. The molecule has 5 nitrogen and oxygen atoms in total.